The second-order valence-electron chi connectivity index (χ2n) is 6.32. The molecule has 4 aromatic rings. The average molecular weight is 362 g/mol. The topological polar surface area (TPSA) is 108 Å². The molecule has 136 valence electrons. The third-order valence-electron chi connectivity index (χ3n) is 4.42. The molecule has 0 radical (unpaired) electrons. The van der Waals surface area contributed by atoms with Crippen LogP contribution in [0.5, 0.6) is 0 Å². The van der Waals surface area contributed by atoms with Crippen molar-refractivity contribution in [1.82, 2.24) is 24.6 Å². The second kappa shape index (κ2) is 6.91. The van der Waals surface area contributed by atoms with Crippen molar-refractivity contribution in [3.63, 3.8) is 0 Å². The Bertz CT molecular complexity index is 1190. The number of H-pyrrole nitrogens is 2. The van der Waals surface area contributed by atoms with Gasteiger partial charge in [0.1, 0.15) is 5.69 Å². The fourth-order valence-electron chi connectivity index (χ4n) is 2.94. The number of hydrogen-bond donors (Lipinski definition) is 3. The normalized spacial score (nSPS) is 12.2. The summed E-state index contributed by atoms with van der Waals surface area (Å²) in [7, 11) is 0. The Kier molecular flexibility index (Phi) is 4.29. The van der Waals surface area contributed by atoms with Gasteiger partial charge in [-0.3, -0.25) is 9.78 Å². The van der Waals surface area contributed by atoms with E-state index in [1.807, 2.05) is 18.2 Å². The number of imidazole rings is 1. The fraction of sp³-hybridized carbons (Fsp3) is 0.158. The summed E-state index contributed by atoms with van der Waals surface area (Å²) in [6.45, 7) is 2.83. The maximum absolute atomic E-state index is 12.1. The van der Waals surface area contributed by atoms with E-state index in [1.54, 1.807) is 23.0 Å². The van der Waals surface area contributed by atoms with Gasteiger partial charge in [0.15, 0.2) is 5.65 Å². The molecule has 8 heteroatoms. The molecule has 0 fully saturated rings. The summed E-state index contributed by atoms with van der Waals surface area (Å²) in [5.74, 6) is 0.286. The Morgan fingerprint density at radius 2 is 2.04 bits per heavy atom. The lowest BCUT2D eigenvalue weighted by molar-refractivity contribution is 0.803. The number of anilines is 1. The number of nitrogens with zero attached hydrogens (tertiary/aromatic N) is 3. The van der Waals surface area contributed by atoms with Crippen LogP contribution in [-0.2, 0) is 0 Å². The molecule has 27 heavy (non-hydrogen) atoms. The van der Waals surface area contributed by atoms with Crippen molar-refractivity contribution in [2.75, 3.05) is 11.9 Å². The van der Waals surface area contributed by atoms with Crippen LogP contribution < -0.4 is 16.6 Å². The SMILES string of the molecule is C[C@@H](CNc1cc(-c2c[nH]c(=O)[nH]c2=O)nn2ccnc12)c1ccccc1. The van der Waals surface area contributed by atoms with Gasteiger partial charge < -0.3 is 10.3 Å². The van der Waals surface area contributed by atoms with Crippen molar-refractivity contribution >= 4 is 11.3 Å². The average Bonchev–Trinajstić information content (AvgIpc) is 3.15. The van der Waals surface area contributed by atoms with Gasteiger partial charge in [-0.05, 0) is 17.5 Å². The summed E-state index contributed by atoms with van der Waals surface area (Å²) < 4.78 is 1.61. The van der Waals surface area contributed by atoms with Gasteiger partial charge >= 0.3 is 5.69 Å². The highest BCUT2D eigenvalue weighted by atomic mass is 16.2. The van der Waals surface area contributed by atoms with E-state index in [2.05, 4.69) is 44.4 Å². The van der Waals surface area contributed by atoms with Crippen LogP contribution in [0, 0.1) is 0 Å². The van der Waals surface area contributed by atoms with E-state index in [-0.39, 0.29) is 11.5 Å². The van der Waals surface area contributed by atoms with Gasteiger partial charge in [0.25, 0.3) is 5.56 Å². The fourth-order valence-corrected chi connectivity index (χ4v) is 2.94. The Morgan fingerprint density at radius 1 is 1.22 bits per heavy atom. The van der Waals surface area contributed by atoms with Crippen LogP contribution in [0.4, 0.5) is 5.69 Å². The highest BCUT2D eigenvalue weighted by Crippen LogP contribution is 2.22. The first-order valence-corrected chi connectivity index (χ1v) is 8.57. The quantitative estimate of drug-likeness (QED) is 0.503. The zero-order chi connectivity index (χ0) is 18.8. The molecule has 0 aliphatic rings. The molecular formula is C19H18N6O2. The predicted octanol–water partition coefficient (Wildman–Crippen LogP) is 1.99. The molecule has 3 N–H and O–H groups in total. The monoisotopic (exact) mass is 362 g/mol. The molecule has 3 heterocycles. The van der Waals surface area contributed by atoms with Crippen molar-refractivity contribution in [1.29, 1.82) is 0 Å². The van der Waals surface area contributed by atoms with Crippen LogP contribution in [0.25, 0.3) is 16.9 Å². The molecule has 1 atom stereocenters. The van der Waals surface area contributed by atoms with E-state index < -0.39 is 11.2 Å². The Labute approximate surface area is 153 Å². The van der Waals surface area contributed by atoms with Crippen LogP contribution in [0.1, 0.15) is 18.4 Å². The Balaban J connectivity index is 1.69. The summed E-state index contributed by atoms with van der Waals surface area (Å²) in [6.07, 6.45) is 4.72. The Hall–Kier alpha value is -3.68. The van der Waals surface area contributed by atoms with Gasteiger partial charge in [0.2, 0.25) is 0 Å². The molecule has 8 nitrogen and oxygen atoms in total. The van der Waals surface area contributed by atoms with E-state index >= 15 is 0 Å². The van der Waals surface area contributed by atoms with Crippen LogP contribution in [-0.4, -0.2) is 31.1 Å². The number of aromatic nitrogens is 5. The van der Waals surface area contributed by atoms with Gasteiger partial charge in [-0.25, -0.2) is 14.3 Å². The highest BCUT2D eigenvalue weighted by Gasteiger charge is 2.13. The lowest BCUT2D eigenvalue weighted by Crippen LogP contribution is -2.23. The summed E-state index contributed by atoms with van der Waals surface area (Å²) in [6, 6.07) is 12.0. The van der Waals surface area contributed by atoms with Crippen molar-refractivity contribution in [3.8, 4) is 11.3 Å². The van der Waals surface area contributed by atoms with Crippen molar-refractivity contribution in [2.24, 2.45) is 0 Å². The van der Waals surface area contributed by atoms with Crippen LogP contribution in [0.3, 0.4) is 0 Å². The summed E-state index contributed by atoms with van der Waals surface area (Å²) in [5.41, 5.74) is 2.34. The number of rotatable bonds is 5. The molecule has 4 rings (SSSR count). The molecule has 0 aliphatic heterocycles. The van der Waals surface area contributed by atoms with E-state index in [0.29, 0.717) is 17.9 Å². The molecule has 0 aliphatic carbocycles. The van der Waals surface area contributed by atoms with Gasteiger partial charge in [-0.1, -0.05) is 37.3 Å². The minimum atomic E-state index is -0.553. The summed E-state index contributed by atoms with van der Waals surface area (Å²) >= 11 is 0. The minimum absolute atomic E-state index is 0.282. The van der Waals surface area contributed by atoms with E-state index in [0.717, 1.165) is 5.69 Å². The van der Waals surface area contributed by atoms with Gasteiger partial charge in [0, 0.05) is 25.1 Å². The lowest BCUT2D eigenvalue weighted by atomic mass is 10.0. The van der Waals surface area contributed by atoms with Crippen molar-refractivity contribution < 1.29 is 0 Å². The van der Waals surface area contributed by atoms with E-state index in [9.17, 15) is 9.59 Å². The standard InChI is InChI=1S/C19H18N6O2/c1-12(13-5-3-2-4-6-13)10-21-16-9-15(24-25-8-7-20-17(16)25)14-11-22-19(27)23-18(14)26/h2-9,11-12,21H,10H2,1H3,(H2,22,23,26,27)/t12-/m0/s1. The molecule has 0 saturated heterocycles. The Morgan fingerprint density at radius 3 is 2.81 bits per heavy atom. The first-order valence-electron chi connectivity index (χ1n) is 8.57. The van der Waals surface area contributed by atoms with E-state index in [4.69, 9.17) is 0 Å². The maximum Gasteiger partial charge on any atom is 0.325 e. The molecule has 1 aromatic carbocycles. The molecule has 3 aromatic heterocycles. The lowest BCUT2D eigenvalue weighted by Gasteiger charge is -2.15. The second-order valence-corrected chi connectivity index (χ2v) is 6.32. The molecule has 0 unspecified atom stereocenters. The minimum Gasteiger partial charge on any atom is -0.381 e. The smallest absolute Gasteiger partial charge is 0.325 e. The number of nitrogens with one attached hydrogen (secondary N) is 3. The highest BCUT2D eigenvalue weighted by molar-refractivity contribution is 5.73. The molecule has 0 saturated carbocycles. The zero-order valence-electron chi connectivity index (χ0n) is 14.6. The number of benzene rings is 1. The zero-order valence-corrected chi connectivity index (χ0v) is 14.6. The third kappa shape index (κ3) is 3.37. The molecule has 0 bridgehead atoms. The van der Waals surface area contributed by atoms with E-state index in [1.165, 1.54) is 11.8 Å². The number of hydrogen-bond acceptors (Lipinski definition) is 5. The van der Waals surface area contributed by atoms with Crippen molar-refractivity contribution in [3.05, 3.63) is 81.4 Å². The number of aromatic amines is 2. The van der Waals surface area contributed by atoms with Crippen LogP contribution >= 0.6 is 0 Å². The summed E-state index contributed by atoms with van der Waals surface area (Å²) in [4.78, 5) is 32.4. The first-order chi connectivity index (χ1) is 13.1. The van der Waals surface area contributed by atoms with Crippen molar-refractivity contribution in [2.45, 2.75) is 12.8 Å². The van der Waals surface area contributed by atoms with Crippen LogP contribution in [0.15, 0.2) is 64.6 Å². The predicted molar refractivity (Wildman–Crippen MR) is 103 cm³/mol. The molecule has 0 spiro atoms. The third-order valence-corrected chi connectivity index (χ3v) is 4.42. The maximum atomic E-state index is 12.1. The first kappa shape index (κ1) is 16.8. The van der Waals surface area contributed by atoms with Gasteiger partial charge in [-0.15, -0.1) is 0 Å². The number of fused-ring (bicyclic) bond motifs is 1. The van der Waals surface area contributed by atoms with Gasteiger partial charge in [0.05, 0.1) is 11.3 Å². The van der Waals surface area contributed by atoms with Gasteiger partial charge in [-0.2, -0.15) is 5.10 Å². The largest absolute Gasteiger partial charge is 0.381 e. The molecule has 0 amide bonds. The summed E-state index contributed by atoms with van der Waals surface area (Å²) in [5, 5.41) is 7.82. The molecular weight excluding hydrogens is 344 g/mol. The van der Waals surface area contributed by atoms with Crippen LogP contribution in [0.2, 0.25) is 0 Å².